The lowest BCUT2D eigenvalue weighted by molar-refractivity contribution is -0.122. The predicted octanol–water partition coefficient (Wildman–Crippen LogP) is 4.45. The van der Waals surface area contributed by atoms with E-state index in [4.69, 9.17) is 12.2 Å². The van der Waals surface area contributed by atoms with Crippen LogP contribution in [0.4, 0.5) is 0 Å². The fourth-order valence-corrected chi connectivity index (χ4v) is 3.33. The van der Waals surface area contributed by atoms with Crippen molar-refractivity contribution >= 4 is 29.3 Å². The van der Waals surface area contributed by atoms with Gasteiger partial charge in [-0.25, -0.2) is 0 Å². The maximum atomic E-state index is 12.6. The van der Waals surface area contributed by atoms with E-state index >= 15 is 0 Å². The van der Waals surface area contributed by atoms with Gasteiger partial charge in [0, 0.05) is 17.7 Å². The summed E-state index contributed by atoms with van der Waals surface area (Å²) in [5.74, 6) is 0.237. The first-order valence-corrected chi connectivity index (χ1v) is 9.49. The van der Waals surface area contributed by atoms with Crippen molar-refractivity contribution in [2.24, 2.45) is 0 Å². The standard InChI is InChI=1S/C21H30N2O2S/c1-8-9-23-18(25)16(22-19(23)26)12-13-10-14(20(2,3)4)17(24)15(11-13)21(5,6)7/h10-12,24H,8-9H2,1-7H3,(H,22,26). The lowest BCUT2D eigenvalue weighted by Gasteiger charge is -2.28. The van der Waals surface area contributed by atoms with Crippen LogP contribution in [0.25, 0.3) is 6.08 Å². The summed E-state index contributed by atoms with van der Waals surface area (Å²) < 4.78 is 0. The Morgan fingerprint density at radius 3 is 2.04 bits per heavy atom. The van der Waals surface area contributed by atoms with Crippen molar-refractivity contribution in [3.8, 4) is 5.75 Å². The lowest BCUT2D eigenvalue weighted by atomic mass is 9.78. The Bertz CT molecular complexity index is 732. The van der Waals surface area contributed by atoms with Gasteiger partial charge in [0.15, 0.2) is 5.11 Å². The van der Waals surface area contributed by atoms with E-state index in [-0.39, 0.29) is 16.7 Å². The van der Waals surface area contributed by atoms with E-state index in [1.54, 1.807) is 4.90 Å². The van der Waals surface area contributed by atoms with E-state index in [1.807, 2.05) is 25.1 Å². The van der Waals surface area contributed by atoms with Crippen LogP contribution in [-0.4, -0.2) is 27.6 Å². The van der Waals surface area contributed by atoms with Crippen LogP contribution >= 0.6 is 12.2 Å². The number of phenols is 1. The number of rotatable bonds is 3. The highest BCUT2D eigenvalue weighted by atomic mass is 32.1. The van der Waals surface area contributed by atoms with E-state index in [1.165, 1.54) is 0 Å². The van der Waals surface area contributed by atoms with Crippen molar-refractivity contribution < 1.29 is 9.90 Å². The van der Waals surface area contributed by atoms with Crippen molar-refractivity contribution in [3.05, 3.63) is 34.5 Å². The van der Waals surface area contributed by atoms with Gasteiger partial charge in [0.2, 0.25) is 0 Å². The number of amides is 1. The molecule has 1 fully saturated rings. The van der Waals surface area contributed by atoms with E-state index < -0.39 is 0 Å². The molecule has 0 atom stereocenters. The molecular formula is C21H30N2O2S. The first-order valence-electron chi connectivity index (χ1n) is 9.08. The summed E-state index contributed by atoms with van der Waals surface area (Å²) in [6.45, 7) is 15.1. The minimum Gasteiger partial charge on any atom is -0.507 e. The molecule has 0 aliphatic carbocycles. The molecule has 1 aliphatic heterocycles. The van der Waals surface area contributed by atoms with Crippen LogP contribution in [0.3, 0.4) is 0 Å². The first-order chi connectivity index (χ1) is 11.9. The second kappa shape index (κ2) is 7.03. The Morgan fingerprint density at radius 2 is 1.62 bits per heavy atom. The zero-order valence-electron chi connectivity index (χ0n) is 16.9. The molecule has 4 nitrogen and oxygen atoms in total. The molecule has 26 heavy (non-hydrogen) atoms. The quantitative estimate of drug-likeness (QED) is 0.606. The Balaban J connectivity index is 2.57. The van der Waals surface area contributed by atoms with E-state index in [9.17, 15) is 9.90 Å². The summed E-state index contributed by atoms with van der Waals surface area (Å²) in [4.78, 5) is 14.2. The number of nitrogens with one attached hydrogen (secondary N) is 1. The SMILES string of the molecule is CCCN1C(=O)C(=Cc2cc(C(C)(C)C)c(O)c(C(C)(C)C)c2)NC1=S. The average Bonchev–Trinajstić information content (AvgIpc) is 2.74. The lowest BCUT2D eigenvalue weighted by Crippen LogP contribution is -2.31. The molecule has 1 amide bonds. The van der Waals surface area contributed by atoms with Gasteiger partial charge in [-0.15, -0.1) is 0 Å². The van der Waals surface area contributed by atoms with Gasteiger partial charge in [-0.2, -0.15) is 0 Å². The van der Waals surface area contributed by atoms with Crippen LogP contribution in [-0.2, 0) is 15.6 Å². The molecule has 2 rings (SSSR count). The Morgan fingerprint density at radius 1 is 1.12 bits per heavy atom. The van der Waals surface area contributed by atoms with Gasteiger partial charge in [-0.05, 0) is 53.2 Å². The molecule has 0 saturated carbocycles. The third-order valence-electron chi connectivity index (χ3n) is 4.47. The Hall–Kier alpha value is -1.88. The fraction of sp³-hybridized carbons (Fsp3) is 0.524. The van der Waals surface area contributed by atoms with Crippen LogP contribution in [0, 0.1) is 0 Å². The van der Waals surface area contributed by atoms with Crippen molar-refractivity contribution in [2.75, 3.05) is 6.54 Å². The van der Waals surface area contributed by atoms with Crippen LogP contribution in [0.5, 0.6) is 5.75 Å². The molecule has 0 bridgehead atoms. The van der Waals surface area contributed by atoms with Gasteiger partial charge < -0.3 is 10.4 Å². The van der Waals surface area contributed by atoms with Crippen LogP contribution in [0.2, 0.25) is 0 Å². The number of carbonyl (C=O) groups excluding carboxylic acids is 1. The number of nitrogens with zero attached hydrogens (tertiary/aromatic N) is 1. The maximum Gasteiger partial charge on any atom is 0.276 e. The van der Waals surface area contributed by atoms with Gasteiger partial charge in [0.1, 0.15) is 11.4 Å². The highest BCUT2D eigenvalue weighted by Crippen LogP contribution is 2.40. The third kappa shape index (κ3) is 4.09. The van der Waals surface area contributed by atoms with Crippen molar-refractivity contribution in [1.29, 1.82) is 0 Å². The van der Waals surface area contributed by atoms with E-state index in [2.05, 4.69) is 46.9 Å². The number of benzene rings is 1. The summed E-state index contributed by atoms with van der Waals surface area (Å²) >= 11 is 5.28. The first kappa shape index (κ1) is 20.4. The molecule has 0 unspecified atom stereocenters. The smallest absolute Gasteiger partial charge is 0.276 e. The molecule has 0 radical (unpaired) electrons. The largest absolute Gasteiger partial charge is 0.507 e. The van der Waals surface area contributed by atoms with Crippen LogP contribution in [0.15, 0.2) is 17.8 Å². The molecule has 0 aromatic heterocycles. The molecule has 142 valence electrons. The fourth-order valence-electron chi connectivity index (χ4n) is 3.05. The third-order valence-corrected chi connectivity index (χ3v) is 4.79. The van der Waals surface area contributed by atoms with Gasteiger partial charge in [0.25, 0.3) is 5.91 Å². The van der Waals surface area contributed by atoms with Gasteiger partial charge in [-0.3, -0.25) is 9.69 Å². The number of carbonyl (C=O) groups is 1. The molecule has 1 heterocycles. The highest BCUT2D eigenvalue weighted by Gasteiger charge is 2.31. The van der Waals surface area contributed by atoms with E-state index in [0.29, 0.717) is 23.1 Å². The van der Waals surface area contributed by atoms with Crippen LogP contribution < -0.4 is 5.32 Å². The van der Waals surface area contributed by atoms with Crippen molar-refractivity contribution in [2.45, 2.75) is 65.7 Å². The van der Waals surface area contributed by atoms with Gasteiger partial charge in [-0.1, -0.05) is 48.5 Å². The monoisotopic (exact) mass is 374 g/mol. The minimum absolute atomic E-state index is 0.0976. The second-order valence-corrected chi connectivity index (χ2v) is 9.30. The van der Waals surface area contributed by atoms with Crippen LogP contribution in [0.1, 0.15) is 71.6 Å². The number of hydrogen-bond acceptors (Lipinski definition) is 3. The van der Waals surface area contributed by atoms with Gasteiger partial charge >= 0.3 is 0 Å². The van der Waals surface area contributed by atoms with E-state index in [0.717, 1.165) is 23.1 Å². The maximum absolute atomic E-state index is 12.6. The predicted molar refractivity (Wildman–Crippen MR) is 111 cm³/mol. The average molecular weight is 375 g/mol. The highest BCUT2D eigenvalue weighted by molar-refractivity contribution is 7.80. The van der Waals surface area contributed by atoms with Gasteiger partial charge in [0.05, 0.1) is 0 Å². The minimum atomic E-state index is -0.213. The van der Waals surface area contributed by atoms with Crippen molar-refractivity contribution in [1.82, 2.24) is 10.2 Å². The zero-order valence-corrected chi connectivity index (χ0v) is 17.7. The molecule has 1 aromatic carbocycles. The number of phenolic OH excluding ortho intramolecular Hbond substituents is 1. The molecule has 2 N–H and O–H groups in total. The normalized spacial score (nSPS) is 17.2. The summed E-state index contributed by atoms with van der Waals surface area (Å²) in [5.41, 5.74) is 2.68. The topological polar surface area (TPSA) is 52.6 Å². The summed E-state index contributed by atoms with van der Waals surface area (Å²) in [6.07, 6.45) is 2.68. The number of thiocarbonyl (C=S) groups is 1. The summed E-state index contributed by atoms with van der Waals surface area (Å²) in [5, 5.41) is 14.3. The molecule has 1 aliphatic rings. The summed E-state index contributed by atoms with van der Waals surface area (Å²) in [6, 6.07) is 3.91. The Labute approximate surface area is 162 Å². The summed E-state index contributed by atoms with van der Waals surface area (Å²) in [7, 11) is 0. The molecule has 1 aromatic rings. The number of aromatic hydroxyl groups is 1. The molecular weight excluding hydrogens is 344 g/mol. The Kier molecular flexibility index (Phi) is 5.52. The molecule has 1 saturated heterocycles. The molecule has 0 spiro atoms. The zero-order chi connectivity index (χ0) is 19.9. The van der Waals surface area contributed by atoms with Crippen molar-refractivity contribution in [3.63, 3.8) is 0 Å². The molecule has 5 heteroatoms. The second-order valence-electron chi connectivity index (χ2n) is 8.91. The number of hydrogen-bond donors (Lipinski definition) is 2.